The molecule has 0 radical (unpaired) electrons. The maximum absolute atomic E-state index is 5.34. The average molecular weight is 221 g/mol. The lowest BCUT2D eigenvalue weighted by Crippen LogP contribution is -2.26. The molecule has 0 unspecified atom stereocenters. The van der Waals surface area contributed by atoms with Crippen LogP contribution in [0, 0.1) is 12.3 Å². The van der Waals surface area contributed by atoms with E-state index in [2.05, 4.69) is 45.1 Å². The smallest absolute Gasteiger partial charge is 0.123 e. The Morgan fingerprint density at radius 2 is 1.94 bits per heavy atom. The van der Waals surface area contributed by atoms with Gasteiger partial charge in [0.2, 0.25) is 0 Å². The average Bonchev–Trinajstić information content (AvgIpc) is 2.16. The second-order valence-corrected chi connectivity index (χ2v) is 5.48. The number of hydrogen-bond donors (Lipinski definition) is 1. The van der Waals surface area contributed by atoms with Crippen molar-refractivity contribution >= 4 is 0 Å². The number of ether oxygens (including phenoxy) is 1. The maximum Gasteiger partial charge on any atom is 0.123 e. The van der Waals surface area contributed by atoms with Crippen LogP contribution in [0.3, 0.4) is 0 Å². The predicted molar refractivity (Wildman–Crippen MR) is 68.9 cm³/mol. The Morgan fingerprint density at radius 3 is 2.50 bits per heavy atom. The summed E-state index contributed by atoms with van der Waals surface area (Å²) >= 11 is 0. The molecule has 1 aromatic rings. The minimum absolute atomic E-state index is 0.317. The van der Waals surface area contributed by atoms with Crippen LogP contribution in [0.1, 0.15) is 31.9 Å². The van der Waals surface area contributed by atoms with Gasteiger partial charge in [0, 0.05) is 18.7 Å². The molecule has 0 amide bonds. The van der Waals surface area contributed by atoms with E-state index in [9.17, 15) is 0 Å². The fourth-order valence-electron chi connectivity index (χ4n) is 1.62. The molecule has 16 heavy (non-hydrogen) atoms. The van der Waals surface area contributed by atoms with Gasteiger partial charge in [0.05, 0.1) is 7.11 Å². The van der Waals surface area contributed by atoms with Crippen molar-refractivity contribution in [3.63, 3.8) is 0 Å². The molecular weight excluding hydrogens is 198 g/mol. The summed E-state index contributed by atoms with van der Waals surface area (Å²) in [6.07, 6.45) is 0. The Bertz CT molecular complexity index is 339. The van der Waals surface area contributed by atoms with Crippen LogP contribution in [0.25, 0.3) is 0 Å². The van der Waals surface area contributed by atoms with Crippen molar-refractivity contribution in [2.45, 2.75) is 34.2 Å². The highest BCUT2D eigenvalue weighted by atomic mass is 16.5. The van der Waals surface area contributed by atoms with Crippen LogP contribution < -0.4 is 10.1 Å². The largest absolute Gasteiger partial charge is 0.496 e. The summed E-state index contributed by atoms with van der Waals surface area (Å²) in [6.45, 7) is 10.7. The number of nitrogens with one attached hydrogen (secondary N) is 1. The molecule has 0 saturated heterocycles. The lowest BCUT2D eigenvalue weighted by atomic mass is 9.97. The van der Waals surface area contributed by atoms with E-state index in [0.29, 0.717) is 5.41 Å². The molecule has 0 spiro atoms. The number of aryl methyl sites for hydroxylation is 1. The second-order valence-electron chi connectivity index (χ2n) is 5.48. The molecule has 1 N–H and O–H groups in total. The quantitative estimate of drug-likeness (QED) is 0.843. The van der Waals surface area contributed by atoms with Crippen molar-refractivity contribution < 1.29 is 4.74 Å². The van der Waals surface area contributed by atoms with Gasteiger partial charge < -0.3 is 10.1 Å². The molecule has 1 aromatic carbocycles. The van der Waals surface area contributed by atoms with Gasteiger partial charge in [-0.1, -0.05) is 38.5 Å². The standard InChI is InChI=1S/C14H23NO/c1-11-6-7-13(16-5)12(8-11)9-15-10-14(2,3)4/h6-8,15H,9-10H2,1-5H3. The Morgan fingerprint density at radius 1 is 1.25 bits per heavy atom. The van der Waals surface area contributed by atoms with Crippen molar-refractivity contribution in [3.8, 4) is 5.75 Å². The van der Waals surface area contributed by atoms with Crippen LogP contribution in [0.4, 0.5) is 0 Å². The highest BCUT2D eigenvalue weighted by Gasteiger charge is 2.10. The maximum atomic E-state index is 5.34. The lowest BCUT2D eigenvalue weighted by Gasteiger charge is -2.19. The molecule has 2 nitrogen and oxygen atoms in total. The zero-order valence-electron chi connectivity index (χ0n) is 11.1. The Kier molecular flexibility index (Phi) is 4.36. The van der Waals surface area contributed by atoms with Crippen molar-refractivity contribution in [1.82, 2.24) is 5.32 Å². The Hall–Kier alpha value is -1.02. The van der Waals surface area contributed by atoms with E-state index in [1.807, 2.05) is 6.07 Å². The topological polar surface area (TPSA) is 21.3 Å². The summed E-state index contributed by atoms with van der Waals surface area (Å²) in [7, 11) is 1.72. The van der Waals surface area contributed by atoms with Gasteiger partial charge in [-0.25, -0.2) is 0 Å². The highest BCUT2D eigenvalue weighted by molar-refractivity contribution is 5.36. The number of methoxy groups -OCH3 is 1. The molecule has 0 aromatic heterocycles. The summed E-state index contributed by atoms with van der Waals surface area (Å²) in [5, 5.41) is 3.46. The predicted octanol–water partition coefficient (Wildman–Crippen LogP) is 3.14. The summed E-state index contributed by atoms with van der Waals surface area (Å²) in [4.78, 5) is 0. The second kappa shape index (κ2) is 5.35. The van der Waals surface area contributed by atoms with E-state index in [-0.39, 0.29) is 0 Å². The molecule has 0 fully saturated rings. The molecule has 0 aliphatic heterocycles. The van der Waals surface area contributed by atoms with Gasteiger partial charge in [0.1, 0.15) is 5.75 Å². The summed E-state index contributed by atoms with van der Waals surface area (Å²) < 4.78 is 5.34. The zero-order chi connectivity index (χ0) is 12.2. The molecule has 0 aliphatic rings. The molecular formula is C14H23NO. The third-order valence-electron chi connectivity index (χ3n) is 2.41. The van der Waals surface area contributed by atoms with E-state index in [0.717, 1.165) is 18.8 Å². The van der Waals surface area contributed by atoms with Gasteiger partial charge >= 0.3 is 0 Å². The molecule has 90 valence electrons. The Balaban J connectivity index is 2.62. The SMILES string of the molecule is COc1ccc(C)cc1CNCC(C)(C)C. The van der Waals surface area contributed by atoms with E-state index in [1.54, 1.807) is 7.11 Å². The van der Waals surface area contributed by atoms with Gasteiger partial charge in [0.15, 0.2) is 0 Å². The fraction of sp³-hybridized carbons (Fsp3) is 0.571. The van der Waals surface area contributed by atoms with Crippen LogP contribution in [0.5, 0.6) is 5.75 Å². The molecule has 0 aliphatic carbocycles. The molecule has 0 bridgehead atoms. The summed E-state index contributed by atoms with van der Waals surface area (Å²) in [6, 6.07) is 6.28. The molecule has 0 heterocycles. The first kappa shape index (κ1) is 13.0. The first-order chi connectivity index (χ1) is 7.42. The van der Waals surface area contributed by atoms with E-state index >= 15 is 0 Å². The molecule has 1 rings (SSSR count). The van der Waals surface area contributed by atoms with Crippen LogP contribution in [-0.2, 0) is 6.54 Å². The molecule has 2 heteroatoms. The summed E-state index contributed by atoms with van der Waals surface area (Å²) in [5.74, 6) is 0.965. The van der Waals surface area contributed by atoms with Crippen LogP contribution in [0.15, 0.2) is 18.2 Å². The van der Waals surface area contributed by atoms with E-state index in [1.165, 1.54) is 11.1 Å². The van der Waals surface area contributed by atoms with Crippen LogP contribution in [-0.4, -0.2) is 13.7 Å². The third-order valence-corrected chi connectivity index (χ3v) is 2.41. The van der Waals surface area contributed by atoms with E-state index in [4.69, 9.17) is 4.74 Å². The first-order valence-electron chi connectivity index (χ1n) is 5.76. The fourth-order valence-corrected chi connectivity index (χ4v) is 1.62. The normalized spacial score (nSPS) is 11.6. The van der Waals surface area contributed by atoms with Crippen LogP contribution in [0.2, 0.25) is 0 Å². The molecule has 0 saturated carbocycles. The lowest BCUT2D eigenvalue weighted by molar-refractivity contribution is 0.372. The highest BCUT2D eigenvalue weighted by Crippen LogP contribution is 2.19. The van der Waals surface area contributed by atoms with Crippen molar-refractivity contribution in [2.75, 3.05) is 13.7 Å². The number of benzene rings is 1. The minimum Gasteiger partial charge on any atom is -0.496 e. The number of hydrogen-bond acceptors (Lipinski definition) is 2. The minimum atomic E-state index is 0.317. The first-order valence-corrected chi connectivity index (χ1v) is 5.76. The third kappa shape index (κ3) is 4.23. The molecule has 0 atom stereocenters. The van der Waals surface area contributed by atoms with Gasteiger partial charge in [-0.2, -0.15) is 0 Å². The van der Waals surface area contributed by atoms with Gasteiger partial charge in [-0.15, -0.1) is 0 Å². The zero-order valence-corrected chi connectivity index (χ0v) is 11.1. The van der Waals surface area contributed by atoms with Gasteiger partial charge in [-0.05, 0) is 18.4 Å². The van der Waals surface area contributed by atoms with Crippen molar-refractivity contribution in [3.05, 3.63) is 29.3 Å². The van der Waals surface area contributed by atoms with Crippen molar-refractivity contribution in [2.24, 2.45) is 5.41 Å². The van der Waals surface area contributed by atoms with Gasteiger partial charge in [0.25, 0.3) is 0 Å². The van der Waals surface area contributed by atoms with E-state index < -0.39 is 0 Å². The summed E-state index contributed by atoms with van der Waals surface area (Å²) in [5.41, 5.74) is 2.82. The number of rotatable bonds is 4. The van der Waals surface area contributed by atoms with Gasteiger partial charge in [-0.3, -0.25) is 0 Å². The Labute approximate surface area is 99.0 Å². The monoisotopic (exact) mass is 221 g/mol. The van der Waals surface area contributed by atoms with Crippen molar-refractivity contribution in [1.29, 1.82) is 0 Å². The van der Waals surface area contributed by atoms with Crippen LogP contribution >= 0.6 is 0 Å².